The predicted octanol–water partition coefficient (Wildman–Crippen LogP) is 3.03. The number of benzene rings is 1. The number of anilines is 1. The molecular weight excluding hydrogens is 278 g/mol. The van der Waals surface area contributed by atoms with Crippen LogP contribution in [0.15, 0.2) is 36.4 Å². The van der Waals surface area contributed by atoms with Gasteiger partial charge < -0.3 is 10.0 Å². The molecule has 1 atom stereocenters. The first-order valence-electron chi connectivity index (χ1n) is 6.05. The normalized spacial score (nSPS) is 11.9. The fourth-order valence-electron chi connectivity index (χ4n) is 1.85. The molecule has 0 saturated heterocycles. The molecule has 0 radical (unpaired) electrons. The highest BCUT2D eigenvalue weighted by Crippen LogP contribution is 2.28. The molecule has 1 aromatic heterocycles. The molecule has 1 unspecified atom stereocenters. The number of aromatic nitrogens is 2. The van der Waals surface area contributed by atoms with E-state index in [9.17, 15) is 4.79 Å². The Hall–Kier alpha value is -2.14. The van der Waals surface area contributed by atoms with E-state index >= 15 is 0 Å². The highest BCUT2D eigenvalue weighted by Gasteiger charge is 2.16. The minimum Gasteiger partial charge on any atom is -0.476 e. The zero-order valence-corrected chi connectivity index (χ0v) is 11.9. The van der Waals surface area contributed by atoms with Gasteiger partial charge in [0.1, 0.15) is 0 Å². The lowest BCUT2D eigenvalue weighted by atomic mass is 10.1. The summed E-state index contributed by atoms with van der Waals surface area (Å²) in [6.07, 6.45) is 0. The monoisotopic (exact) mass is 291 g/mol. The third-order valence-electron chi connectivity index (χ3n) is 3.17. The Morgan fingerprint density at radius 2 is 1.95 bits per heavy atom. The Bertz CT molecular complexity index is 616. The van der Waals surface area contributed by atoms with Gasteiger partial charge in [-0.15, -0.1) is 10.2 Å². The Morgan fingerprint density at radius 1 is 1.25 bits per heavy atom. The summed E-state index contributed by atoms with van der Waals surface area (Å²) in [5.41, 5.74) is 0.897. The number of hydrogen-bond donors (Lipinski definition) is 1. The predicted molar refractivity (Wildman–Crippen MR) is 77.3 cm³/mol. The number of hydrogen-bond acceptors (Lipinski definition) is 4. The molecule has 0 aliphatic carbocycles. The van der Waals surface area contributed by atoms with Crippen molar-refractivity contribution in [3.63, 3.8) is 0 Å². The third kappa shape index (κ3) is 2.88. The molecule has 104 valence electrons. The molecule has 0 amide bonds. The van der Waals surface area contributed by atoms with Crippen LogP contribution in [0.4, 0.5) is 5.82 Å². The summed E-state index contributed by atoms with van der Waals surface area (Å²) in [6.45, 7) is 1.99. The molecule has 1 N–H and O–H groups in total. The molecule has 0 bridgehead atoms. The first kappa shape index (κ1) is 14.3. The maximum absolute atomic E-state index is 10.7. The van der Waals surface area contributed by atoms with E-state index in [4.69, 9.17) is 16.7 Å². The molecule has 6 heteroatoms. The number of nitrogens with zero attached hydrogens (tertiary/aromatic N) is 3. The lowest BCUT2D eigenvalue weighted by Gasteiger charge is -2.26. The Labute approximate surface area is 121 Å². The highest BCUT2D eigenvalue weighted by atomic mass is 35.5. The topological polar surface area (TPSA) is 66.3 Å². The van der Waals surface area contributed by atoms with Crippen molar-refractivity contribution < 1.29 is 9.90 Å². The quantitative estimate of drug-likeness (QED) is 0.938. The van der Waals surface area contributed by atoms with Gasteiger partial charge in [0.05, 0.1) is 6.04 Å². The van der Waals surface area contributed by atoms with E-state index < -0.39 is 5.97 Å². The van der Waals surface area contributed by atoms with E-state index in [2.05, 4.69) is 10.2 Å². The number of rotatable bonds is 4. The van der Waals surface area contributed by atoms with Gasteiger partial charge in [-0.05, 0) is 30.7 Å². The van der Waals surface area contributed by atoms with Crippen molar-refractivity contribution in [2.75, 3.05) is 11.9 Å². The summed E-state index contributed by atoms with van der Waals surface area (Å²) in [7, 11) is 1.86. The van der Waals surface area contributed by atoms with Gasteiger partial charge in [-0.2, -0.15) is 0 Å². The number of aromatic carboxylic acids is 1. The first-order chi connectivity index (χ1) is 9.50. The first-order valence-corrected chi connectivity index (χ1v) is 6.42. The molecular formula is C14H14ClN3O2. The highest BCUT2D eigenvalue weighted by molar-refractivity contribution is 6.31. The van der Waals surface area contributed by atoms with E-state index in [0.717, 1.165) is 5.56 Å². The SMILES string of the molecule is CC(c1ccccc1Cl)N(C)c1ccc(C(=O)O)nn1. The van der Waals surface area contributed by atoms with Gasteiger partial charge in [-0.3, -0.25) is 0 Å². The van der Waals surface area contributed by atoms with E-state index in [-0.39, 0.29) is 11.7 Å². The van der Waals surface area contributed by atoms with Gasteiger partial charge in [0.25, 0.3) is 0 Å². The second-order valence-electron chi connectivity index (χ2n) is 4.39. The summed E-state index contributed by atoms with van der Waals surface area (Å²) in [4.78, 5) is 12.6. The van der Waals surface area contributed by atoms with Crippen molar-refractivity contribution in [3.05, 3.63) is 52.7 Å². The van der Waals surface area contributed by atoms with Crippen LogP contribution in [0.25, 0.3) is 0 Å². The van der Waals surface area contributed by atoms with Crippen molar-refractivity contribution in [2.24, 2.45) is 0 Å². The van der Waals surface area contributed by atoms with Gasteiger partial charge in [-0.25, -0.2) is 4.79 Å². The van der Waals surface area contributed by atoms with Crippen LogP contribution in [0, 0.1) is 0 Å². The van der Waals surface area contributed by atoms with Crippen molar-refractivity contribution in [1.82, 2.24) is 10.2 Å². The molecule has 1 heterocycles. The lowest BCUT2D eigenvalue weighted by molar-refractivity contribution is 0.0689. The molecule has 0 aliphatic rings. The average Bonchev–Trinajstić information content (AvgIpc) is 2.46. The van der Waals surface area contributed by atoms with Crippen LogP contribution in [0.5, 0.6) is 0 Å². The maximum atomic E-state index is 10.7. The molecule has 2 rings (SSSR count). The summed E-state index contributed by atoms with van der Waals surface area (Å²) >= 11 is 6.18. The van der Waals surface area contributed by atoms with E-state index in [1.165, 1.54) is 6.07 Å². The zero-order chi connectivity index (χ0) is 14.7. The average molecular weight is 292 g/mol. The third-order valence-corrected chi connectivity index (χ3v) is 3.51. The van der Waals surface area contributed by atoms with Crippen LogP contribution in [0.1, 0.15) is 29.0 Å². The summed E-state index contributed by atoms with van der Waals surface area (Å²) in [5.74, 6) is -0.506. The fraction of sp³-hybridized carbons (Fsp3) is 0.214. The van der Waals surface area contributed by atoms with Crippen molar-refractivity contribution >= 4 is 23.4 Å². The Morgan fingerprint density at radius 3 is 2.50 bits per heavy atom. The van der Waals surface area contributed by atoms with Crippen LogP contribution in [-0.2, 0) is 0 Å². The standard InChI is InChI=1S/C14H14ClN3O2/c1-9(10-5-3-4-6-11(10)15)18(2)13-8-7-12(14(19)20)16-17-13/h3-9H,1-2H3,(H,19,20). The molecule has 2 aromatic rings. The van der Waals surface area contributed by atoms with Crippen LogP contribution in [0.3, 0.4) is 0 Å². The van der Waals surface area contributed by atoms with Crippen molar-refractivity contribution in [3.8, 4) is 0 Å². The molecule has 0 fully saturated rings. The van der Waals surface area contributed by atoms with E-state index in [0.29, 0.717) is 10.8 Å². The number of halogens is 1. The van der Waals surface area contributed by atoms with Gasteiger partial charge in [0, 0.05) is 12.1 Å². The number of carboxylic acids is 1. The smallest absolute Gasteiger partial charge is 0.356 e. The summed E-state index contributed by atoms with van der Waals surface area (Å²) in [6, 6.07) is 10.6. The van der Waals surface area contributed by atoms with Crippen molar-refractivity contribution in [2.45, 2.75) is 13.0 Å². The molecule has 20 heavy (non-hydrogen) atoms. The van der Waals surface area contributed by atoms with Crippen LogP contribution in [-0.4, -0.2) is 28.3 Å². The minimum atomic E-state index is -1.09. The van der Waals surface area contributed by atoms with Crippen LogP contribution < -0.4 is 4.90 Å². The fourth-order valence-corrected chi connectivity index (χ4v) is 2.14. The Kier molecular flexibility index (Phi) is 4.20. The maximum Gasteiger partial charge on any atom is 0.356 e. The van der Waals surface area contributed by atoms with E-state index in [1.807, 2.05) is 43.1 Å². The van der Waals surface area contributed by atoms with Gasteiger partial charge in [0.15, 0.2) is 11.5 Å². The van der Waals surface area contributed by atoms with Crippen LogP contribution in [0.2, 0.25) is 5.02 Å². The Balaban J connectivity index is 2.24. The molecule has 0 saturated carbocycles. The largest absolute Gasteiger partial charge is 0.476 e. The van der Waals surface area contributed by atoms with Gasteiger partial charge in [-0.1, -0.05) is 29.8 Å². The second kappa shape index (κ2) is 5.88. The van der Waals surface area contributed by atoms with Gasteiger partial charge >= 0.3 is 5.97 Å². The van der Waals surface area contributed by atoms with Gasteiger partial charge in [0.2, 0.25) is 0 Å². The number of carboxylic acid groups (broad SMARTS) is 1. The zero-order valence-electron chi connectivity index (χ0n) is 11.1. The van der Waals surface area contributed by atoms with Crippen LogP contribution >= 0.6 is 11.6 Å². The van der Waals surface area contributed by atoms with Crippen molar-refractivity contribution in [1.29, 1.82) is 0 Å². The van der Waals surface area contributed by atoms with E-state index in [1.54, 1.807) is 6.07 Å². The molecule has 0 aliphatic heterocycles. The minimum absolute atomic E-state index is 0.00585. The summed E-state index contributed by atoms with van der Waals surface area (Å²) < 4.78 is 0. The second-order valence-corrected chi connectivity index (χ2v) is 4.80. The number of carbonyl (C=O) groups is 1. The molecule has 1 aromatic carbocycles. The molecule has 5 nitrogen and oxygen atoms in total. The summed E-state index contributed by atoms with van der Waals surface area (Å²) in [5, 5.41) is 17.1. The molecule has 0 spiro atoms. The lowest BCUT2D eigenvalue weighted by Crippen LogP contribution is -2.23.